The molecule has 0 atom stereocenters. The molecule has 0 radical (unpaired) electrons. The zero-order valence-corrected chi connectivity index (χ0v) is 9.95. The summed E-state index contributed by atoms with van der Waals surface area (Å²) in [7, 11) is 0. The summed E-state index contributed by atoms with van der Waals surface area (Å²) in [6.07, 6.45) is 6.02. The van der Waals surface area contributed by atoms with E-state index in [1.54, 1.807) is 0 Å². The second-order valence-corrected chi connectivity index (χ2v) is 4.56. The molecule has 4 nitrogen and oxygen atoms in total. The highest BCUT2D eigenvalue weighted by Gasteiger charge is 2.22. The van der Waals surface area contributed by atoms with Crippen LogP contribution in [0.1, 0.15) is 45.4 Å². The number of carbonyl (C=O) groups excluding carboxylic acids is 1. The van der Waals surface area contributed by atoms with E-state index in [1.807, 2.05) is 6.92 Å². The van der Waals surface area contributed by atoms with Gasteiger partial charge in [0.05, 0.1) is 0 Å². The molecule has 4 heteroatoms. The van der Waals surface area contributed by atoms with Crippen LogP contribution in [0.4, 0.5) is 0 Å². The molecule has 16 heavy (non-hydrogen) atoms. The van der Waals surface area contributed by atoms with Gasteiger partial charge < -0.3 is 10.0 Å². The number of nitrogens with zero attached hydrogens (tertiary/aromatic N) is 1. The fourth-order valence-corrected chi connectivity index (χ4v) is 2.32. The molecule has 1 aliphatic rings. The second kappa shape index (κ2) is 6.51. The Morgan fingerprint density at radius 1 is 1.31 bits per heavy atom. The summed E-state index contributed by atoms with van der Waals surface area (Å²) in [5.41, 5.74) is 0. The number of carboxylic acids is 1. The summed E-state index contributed by atoms with van der Waals surface area (Å²) in [5.74, 6) is -0.426. The minimum atomic E-state index is -0.923. The highest BCUT2D eigenvalue weighted by molar-refractivity contribution is 5.81. The van der Waals surface area contributed by atoms with Gasteiger partial charge in [-0.05, 0) is 25.2 Å². The van der Waals surface area contributed by atoms with E-state index in [1.165, 1.54) is 17.7 Å². The number of carbonyl (C=O) groups is 2. The fourth-order valence-electron chi connectivity index (χ4n) is 2.32. The van der Waals surface area contributed by atoms with Gasteiger partial charge in [0, 0.05) is 13.0 Å². The topological polar surface area (TPSA) is 57.6 Å². The summed E-state index contributed by atoms with van der Waals surface area (Å²) in [6.45, 7) is 2.36. The standard InChI is InChI=1S/C12H21NO3/c1-2-7-13(9-12(15)16)11(14)8-10-5-3-4-6-10/h10H,2-9H2,1H3,(H,15,16). The Labute approximate surface area is 96.6 Å². The van der Waals surface area contributed by atoms with Crippen LogP contribution in [0.15, 0.2) is 0 Å². The fraction of sp³-hybridized carbons (Fsp3) is 0.833. The molecule has 0 aromatic rings. The quantitative estimate of drug-likeness (QED) is 0.753. The number of hydrogen-bond acceptors (Lipinski definition) is 2. The average molecular weight is 227 g/mol. The lowest BCUT2D eigenvalue weighted by Crippen LogP contribution is -2.37. The highest BCUT2D eigenvalue weighted by atomic mass is 16.4. The maximum absolute atomic E-state index is 11.9. The molecule has 0 heterocycles. The lowest BCUT2D eigenvalue weighted by atomic mass is 10.0. The Morgan fingerprint density at radius 2 is 1.94 bits per heavy atom. The van der Waals surface area contributed by atoms with Crippen molar-refractivity contribution >= 4 is 11.9 Å². The molecular weight excluding hydrogens is 206 g/mol. The van der Waals surface area contributed by atoms with Gasteiger partial charge in [-0.25, -0.2) is 0 Å². The monoisotopic (exact) mass is 227 g/mol. The van der Waals surface area contributed by atoms with Gasteiger partial charge in [0.1, 0.15) is 6.54 Å². The van der Waals surface area contributed by atoms with Crippen LogP contribution in [0.25, 0.3) is 0 Å². The van der Waals surface area contributed by atoms with Crippen molar-refractivity contribution in [1.82, 2.24) is 4.90 Å². The van der Waals surface area contributed by atoms with E-state index >= 15 is 0 Å². The number of carboxylic acid groups (broad SMARTS) is 1. The third kappa shape index (κ3) is 4.21. The molecule has 0 aliphatic heterocycles. The molecule has 1 N–H and O–H groups in total. The van der Waals surface area contributed by atoms with Crippen molar-refractivity contribution in [1.29, 1.82) is 0 Å². The summed E-state index contributed by atoms with van der Waals surface area (Å²) >= 11 is 0. The summed E-state index contributed by atoms with van der Waals surface area (Å²) in [5, 5.41) is 8.73. The average Bonchev–Trinajstić information content (AvgIpc) is 2.69. The van der Waals surface area contributed by atoms with Crippen molar-refractivity contribution in [3.63, 3.8) is 0 Å². The van der Waals surface area contributed by atoms with Crippen LogP contribution in [0.5, 0.6) is 0 Å². The highest BCUT2D eigenvalue weighted by Crippen LogP contribution is 2.27. The third-order valence-electron chi connectivity index (χ3n) is 3.11. The normalized spacial score (nSPS) is 16.3. The number of rotatable bonds is 6. The molecule has 1 rings (SSSR count). The van der Waals surface area contributed by atoms with Gasteiger partial charge in [0.15, 0.2) is 0 Å². The zero-order valence-electron chi connectivity index (χ0n) is 9.95. The SMILES string of the molecule is CCCN(CC(=O)O)C(=O)CC1CCCC1. The van der Waals surface area contributed by atoms with E-state index in [4.69, 9.17) is 5.11 Å². The summed E-state index contributed by atoms with van der Waals surface area (Å²) in [4.78, 5) is 24.0. The molecule has 0 unspecified atom stereocenters. The van der Waals surface area contributed by atoms with E-state index in [9.17, 15) is 9.59 Å². The molecule has 0 bridgehead atoms. The van der Waals surface area contributed by atoms with Gasteiger partial charge in [-0.1, -0.05) is 19.8 Å². The van der Waals surface area contributed by atoms with Crippen LogP contribution in [0, 0.1) is 5.92 Å². The predicted octanol–water partition coefficient (Wildman–Crippen LogP) is 1.89. The lowest BCUT2D eigenvalue weighted by molar-refractivity contribution is -0.144. The van der Waals surface area contributed by atoms with E-state index in [0.29, 0.717) is 18.9 Å². The van der Waals surface area contributed by atoms with Crippen LogP contribution in [-0.4, -0.2) is 35.0 Å². The predicted molar refractivity (Wildman–Crippen MR) is 61.1 cm³/mol. The lowest BCUT2D eigenvalue weighted by Gasteiger charge is -2.21. The molecule has 1 saturated carbocycles. The van der Waals surface area contributed by atoms with Gasteiger partial charge in [0.2, 0.25) is 5.91 Å². The van der Waals surface area contributed by atoms with Gasteiger partial charge in [-0.2, -0.15) is 0 Å². The van der Waals surface area contributed by atoms with Gasteiger partial charge in [-0.3, -0.25) is 9.59 Å². The Kier molecular flexibility index (Phi) is 5.29. The van der Waals surface area contributed by atoms with E-state index < -0.39 is 5.97 Å². The largest absolute Gasteiger partial charge is 0.480 e. The maximum atomic E-state index is 11.9. The van der Waals surface area contributed by atoms with Crippen LogP contribution in [0.3, 0.4) is 0 Å². The van der Waals surface area contributed by atoms with Gasteiger partial charge in [0.25, 0.3) is 0 Å². The zero-order chi connectivity index (χ0) is 12.0. The van der Waals surface area contributed by atoms with E-state index in [0.717, 1.165) is 19.3 Å². The molecule has 1 amide bonds. The number of aliphatic carboxylic acids is 1. The van der Waals surface area contributed by atoms with Gasteiger partial charge >= 0.3 is 5.97 Å². The molecule has 0 saturated heterocycles. The smallest absolute Gasteiger partial charge is 0.323 e. The first-order valence-corrected chi connectivity index (χ1v) is 6.13. The van der Waals surface area contributed by atoms with Crippen LogP contribution in [0.2, 0.25) is 0 Å². The molecule has 1 fully saturated rings. The van der Waals surface area contributed by atoms with E-state index in [-0.39, 0.29) is 12.5 Å². The van der Waals surface area contributed by atoms with Crippen molar-refractivity contribution in [2.75, 3.05) is 13.1 Å². The Bertz CT molecular complexity index is 247. The van der Waals surface area contributed by atoms with Crippen LogP contribution in [-0.2, 0) is 9.59 Å². The van der Waals surface area contributed by atoms with E-state index in [2.05, 4.69) is 0 Å². The van der Waals surface area contributed by atoms with Crippen molar-refractivity contribution in [2.24, 2.45) is 5.92 Å². The van der Waals surface area contributed by atoms with Crippen molar-refractivity contribution < 1.29 is 14.7 Å². The molecule has 0 aromatic heterocycles. The van der Waals surface area contributed by atoms with Gasteiger partial charge in [-0.15, -0.1) is 0 Å². The first kappa shape index (κ1) is 13.0. The Balaban J connectivity index is 2.42. The summed E-state index contributed by atoms with van der Waals surface area (Å²) in [6, 6.07) is 0. The van der Waals surface area contributed by atoms with Crippen LogP contribution < -0.4 is 0 Å². The summed E-state index contributed by atoms with van der Waals surface area (Å²) < 4.78 is 0. The first-order valence-electron chi connectivity index (χ1n) is 6.13. The molecule has 92 valence electrons. The Morgan fingerprint density at radius 3 is 2.44 bits per heavy atom. The molecule has 0 spiro atoms. The van der Waals surface area contributed by atoms with Crippen molar-refractivity contribution in [3.05, 3.63) is 0 Å². The first-order chi connectivity index (χ1) is 7.63. The molecular formula is C12H21NO3. The second-order valence-electron chi connectivity index (χ2n) is 4.56. The Hall–Kier alpha value is -1.06. The van der Waals surface area contributed by atoms with Crippen molar-refractivity contribution in [2.45, 2.75) is 45.4 Å². The number of hydrogen-bond donors (Lipinski definition) is 1. The third-order valence-corrected chi connectivity index (χ3v) is 3.11. The van der Waals surface area contributed by atoms with Crippen molar-refractivity contribution in [3.8, 4) is 0 Å². The molecule has 0 aromatic carbocycles. The van der Waals surface area contributed by atoms with Crippen LogP contribution >= 0.6 is 0 Å². The number of amides is 1. The minimum absolute atomic E-state index is 0.0103. The minimum Gasteiger partial charge on any atom is -0.480 e. The maximum Gasteiger partial charge on any atom is 0.323 e. The molecule has 1 aliphatic carbocycles.